The fraction of sp³-hybridized carbons (Fsp3) is 0.407. The molecule has 6 rings (SSSR count). The van der Waals surface area contributed by atoms with Crippen LogP contribution in [0.15, 0.2) is 54.0 Å². The number of aromatic nitrogens is 2. The van der Waals surface area contributed by atoms with Crippen molar-refractivity contribution in [3.8, 4) is 5.75 Å². The van der Waals surface area contributed by atoms with Crippen LogP contribution in [0.2, 0.25) is 0 Å². The number of likely N-dealkylation sites (tertiary alicyclic amines) is 1. The molecule has 0 spiro atoms. The molecule has 0 bridgehead atoms. The normalized spacial score (nSPS) is 22.3. The third-order valence-electron chi connectivity index (χ3n) is 7.19. The number of hydrogen-bond donors (Lipinski definition) is 1. The molecular formula is C27H30F2N4O. The predicted octanol–water partition coefficient (Wildman–Crippen LogP) is 5.15. The number of fused-ring (bicyclic) bond motifs is 3. The molecule has 4 heterocycles. The Labute approximate surface area is 199 Å². The summed E-state index contributed by atoms with van der Waals surface area (Å²) >= 11 is 0. The minimum Gasteiger partial charge on any atom is -0.486 e. The topological polar surface area (TPSA) is 44.4 Å². The molecule has 0 saturated carbocycles. The molecule has 2 aliphatic heterocycles. The van der Waals surface area contributed by atoms with E-state index in [1.54, 1.807) is 6.20 Å². The first-order chi connectivity index (χ1) is 16.6. The number of para-hydroxylation sites is 1. The zero-order valence-electron chi connectivity index (χ0n) is 19.2. The summed E-state index contributed by atoms with van der Waals surface area (Å²) in [6.45, 7) is 4.08. The Morgan fingerprint density at radius 1 is 1.29 bits per heavy atom. The lowest BCUT2D eigenvalue weighted by atomic mass is 9.88. The number of nitrogens with one attached hydrogen (secondary N) is 1. The average molecular weight is 465 g/mol. The molecule has 34 heavy (non-hydrogen) atoms. The highest BCUT2D eigenvalue weighted by atomic mass is 19.1. The van der Waals surface area contributed by atoms with E-state index in [9.17, 15) is 4.39 Å². The van der Waals surface area contributed by atoms with Crippen LogP contribution in [0.3, 0.4) is 0 Å². The van der Waals surface area contributed by atoms with Crippen molar-refractivity contribution in [2.75, 3.05) is 26.3 Å². The van der Waals surface area contributed by atoms with Crippen LogP contribution in [0.25, 0.3) is 10.9 Å². The lowest BCUT2D eigenvalue weighted by molar-refractivity contribution is 0.0180. The summed E-state index contributed by atoms with van der Waals surface area (Å²) in [4.78, 5) is 12.6. The van der Waals surface area contributed by atoms with Crippen LogP contribution in [0.5, 0.6) is 5.75 Å². The molecule has 1 N–H and O–H groups in total. The molecule has 1 aromatic carbocycles. The van der Waals surface area contributed by atoms with Gasteiger partial charge in [0.25, 0.3) is 0 Å². The van der Waals surface area contributed by atoms with E-state index in [0.717, 1.165) is 49.4 Å². The first-order valence-electron chi connectivity index (χ1n) is 12.0. The molecule has 3 aromatic rings. The van der Waals surface area contributed by atoms with Gasteiger partial charge in [0.2, 0.25) is 0 Å². The van der Waals surface area contributed by atoms with Crippen LogP contribution >= 0.6 is 0 Å². The number of nitrogens with zero attached hydrogens (tertiary/aromatic N) is 3. The molecule has 5 nitrogen and oxygen atoms in total. The summed E-state index contributed by atoms with van der Waals surface area (Å²) in [6.07, 6.45) is 5.88. The Morgan fingerprint density at radius 2 is 2.12 bits per heavy atom. The van der Waals surface area contributed by atoms with Gasteiger partial charge in [-0.15, -0.1) is 5.73 Å². The van der Waals surface area contributed by atoms with Crippen molar-refractivity contribution in [2.45, 2.75) is 44.4 Å². The molecule has 0 unspecified atom stereocenters. The molecule has 1 fully saturated rings. The quantitative estimate of drug-likeness (QED) is 0.491. The molecule has 2 atom stereocenters. The Morgan fingerprint density at radius 3 is 2.85 bits per heavy atom. The highest BCUT2D eigenvalue weighted by Gasteiger charge is 2.39. The van der Waals surface area contributed by atoms with E-state index in [2.05, 4.69) is 44.6 Å². The first-order valence-corrected chi connectivity index (χ1v) is 12.0. The zero-order chi connectivity index (χ0) is 23.2. The summed E-state index contributed by atoms with van der Waals surface area (Å²) < 4.78 is 33.9. The second-order valence-corrected chi connectivity index (χ2v) is 9.51. The third-order valence-corrected chi connectivity index (χ3v) is 7.19. The zero-order valence-corrected chi connectivity index (χ0v) is 19.2. The van der Waals surface area contributed by atoms with Crippen molar-refractivity contribution < 1.29 is 14.9 Å². The van der Waals surface area contributed by atoms with Gasteiger partial charge in [-0.05, 0) is 37.5 Å². The molecule has 178 valence electrons. The molecule has 1 aliphatic carbocycles. The second kappa shape index (κ2) is 8.57. The molecule has 2 aromatic heterocycles. The van der Waals surface area contributed by atoms with E-state index in [1.165, 1.54) is 17.0 Å². The molecule has 3 aliphatic rings. The monoisotopic (exact) mass is 464 g/mol. The van der Waals surface area contributed by atoms with E-state index in [0.29, 0.717) is 17.9 Å². The van der Waals surface area contributed by atoms with E-state index in [-0.39, 0.29) is 32.1 Å². The number of hydrogen-bond acceptors (Lipinski definition) is 4. The second-order valence-electron chi connectivity index (χ2n) is 9.51. The van der Waals surface area contributed by atoms with Crippen LogP contribution in [0.1, 0.15) is 44.2 Å². The number of ether oxygens (including phenoxy) is 1. The fourth-order valence-electron chi connectivity index (χ4n) is 5.48. The van der Waals surface area contributed by atoms with Gasteiger partial charge in [-0.25, -0.2) is 4.39 Å². The summed E-state index contributed by atoms with van der Waals surface area (Å²) in [5.41, 5.74) is 8.08. The maximum absolute atomic E-state index is 15.6. The number of halogens is 2. The standard InChI is InChI=1S/C27H28F2N4O.H2/c1-17-12-22-21-8-2-3-9-24(21)31-25(22)27(33(17)18-6-4-7-18)26-23(29)13-19(14-30-26)34-20-15-32(16-20)11-5-10-28;/h2-4,8-9,13-14,17,20,27,31H,5-6,10-12,15-16H2,1H3;1H/t17-,27+;/m1./s1. The van der Waals surface area contributed by atoms with Crippen LogP contribution in [-0.4, -0.2) is 58.2 Å². The molecule has 0 amide bonds. The van der Waals surface area contributed by atoms with Crippen LogP contribution in [0, 0.1) is 5.82 Å². The largest absolute Gasteiger partial charge is 0.486 e. The Kier molecular flexibility index (Phi) is 5.39. The van der Waals surface area contributed by atoms with Crippen molar-refractivity contribution in [3.63, 3.8) is 0 Å². The third kappa shape index (κ3) is 3.60. The maximum Gasteiger partial charge on any atom is 0.150 e. The first kappa shape index (κ1) is 21.4. The number of pyridine rings is 1. The van der Waals surface area contributed by atoms with E-state index < -0.39 is 0 Å². The summed E-state index contributed by atoms with van der Waals surface area (Å²) in [6, 6.07) is 9.55. The number of aromatic amines is 1. The van der Waals surface area contributed by atoms with Gasteiger partial charge in [0.1, 0.15) is 23.6 Å². The highest BCUT2D eigenvalue weighted by Crippen LogP contribution is 2.44. The van der Waals surface area contributed by atoms with E-state index in [4.69, 9.17) is 4.74 Å². The maximum atomic E-state index is 15.6. The molecule has 1 saturated heterocycles. The highest BCUT2D eigenvalue weighted by molar-refractivity contribution is 5.85. The van der Waals surface area contributed by atoms with Crippen LogP contribution in [-0.2, 0) is 6.42 Å². The molecule has 0 radical (unpaired) electrons. The summed E-state index contributed by atoms with van der Waals surface area (Å²) in [5, 5.41) is 1.19. The molecular weight excluding hydrogens is 434 g/mol. The fourth-order valence-corrected chi connectivity index (χ4v) is 5.48. The Balaban J connectivity index is 0.00000253. The van der Waals surface area contributed by atoms with Crippen molar-refractivity contribution in [1.82, 2.24) is 19.8 Å². The Bertz CT molecular complexity index is 1300. The number of alkyl halides is 1. The average Bonchev–Trinajstić information content (AvgIpc) is 3.13. The van der Waals surface area contributed by atoms with Gasteiger partial charge in [-0.2, -0.15) is 0 Å². The van der Waals surface area contributed by atoms with Gasteiger partial charge in [-0.1, -0.05) is 18.2 Å². The van der Waals surface area contributed by atoms with E-state index in [1.807, 2.05) is 18.2 Å². The van der Waals surface area contributed by atoms with Crippen LogP contribution < -0.4 is 4.74 Å². The van der Waals surface area contributed by atoms with Gasteiger partial charge in [0, 0.05) is 56.2 Å². The number of rotatable bonds is 7. The van der Waals surface area contributed by atoms with Gasteiger partial charge in [-0.3, -0.25) is 14.3 Å². The number of H-pyrrole nitrogens is 1. The van der Waals surface area contributed by atoms with Crippen molar-refractivity contribution in [2.24, 2.45) is 0 Å². The van der Waals surface area contributed by atoms with Gasteiger partial charge in [0.15, 0.2) is 5.82 Å². The molecule has 7 heteroatoms. The summed E-state index contributed by atoms with van der Waals surface area (Å²) in [7, 11) is 0. The summed E-state index contributed by atoms with van der Waals surface area (Å²) in [5.74, 6) is 0.0649. The van der Waals surface area contributed by atoms with Crippen molar-refractivity contribution >= 4 is 10.9 Å². The number of benzene rings is 1. The predicted molar refractivity (Wildman–Crippen MR) is 129 cm³/mol. The minimum atomic E-state index is -0.372. The lowest BCUT2D eigenvalue weighted by Gasteiger charge is -2.43. The van der Waals surface area contributed by atoms with E-state index >= 15 is 4.39 Å². The smallest absolute Gasteiger partial charge is 0.150 e. The lowest BCUT2D eigenvalue weighted by Crippen LogP contribution is -2.53. The van der Waals surface area contributed by atoms with Gasteiger partial charge < -0.3 is 14.6 Å². The van der Waals surface area contributed by atoms with Crippen molar-refractivity contribution in [1.29, 1.82) is 0 Å². The van der Waals surface area contributed by atoms with Gasteiger partial charge >= 0.3 is 0 Å². The Hall–Kier alpha value is -3.15. The van der Waals surface area contributed by atoms with Crippen molar-refractivity contribution in [3.05, 3.63) is 76.8 Å². The minimum absolute atomic E-state index is 0. The van der Waals surface area contributed by atoms with Crippen LogP contribution in [0.4, 0.5) is 8.78 Å². The SMILES string of the molecule is C[C@@H]1Cc2c([nH]c3ccccc23)[C@@H](c2ncc(OC3CN(CCCF)C3)cc2F)N1C1=C=CC1.[HH]. The van der Waals surface area contributed by atoms with Gasteiger partial charge in [0.05, 0.1) is 18.6 Å².